The van der Waals surface area contributed by atoms with Crippen LogP contribution < -0.4 is 10.1 Å². The standard InChI is InChI=1S/C26H32Cl2N2O3/c1-16-11-17(2)18(3)24(12-16)33-15-25(31)30(14-20-9-10-22(27)23(28)13-20)19(4)26(32)29-21-7-5-6-8-21/h9-13,19,21H,5-8,14-15H2,1-4H3,(H,29,32). The molecule has 0 aromatic heterocycles. The van der Waals surface area contributed by atoms with Crippen molar-refractivity contribution >= 4 is 35.0 Å². The highest BCUT2D eigenvalue weighted by atomic mass is 35.5. The number of ether oxygens (including phenoxy) is 1. The molecule has 1 fully saturated rings. The van der Waals surface area contributed by atoms with Gasteiger partial charge in [-0.15, -0.1) is 0 Å². The molecule has 2 aromatic carbocycles. The van der Waals surface area contributed by atoms with Crippen LogP contribution in [-0.2, 0) is 16.1 Å². The lowest BCUT2D eigenvalue weighted by Gasteiger charge is -2.30. The third kappa shape index (κ3) is 6.64. The molecule has 1 aliphatic rings. The zero-order valence-corrected chi connectivity index (χ0v) is 21.2. The number of amides is 2. The fourth-order valence-corrected chi connectivity index (χ4v) is 4.50. The molecule has 7 heteroatoms. The van der Waals surface area contributed by atoms with Gasteiger partial charge >= 0.3 is 0 Å². The number of benzene rings is 2. The van der Waals surface area contributed by atoms with E-state index in [4.69, 9.17) is 27.9 Å². The molecule has 0 heterocycles. The molecule has 33 heavy (non-hydrogen) atoms. The molecule has 2 amide bonds. The summed E-state index contributed by atoms with van der Waals surface area (Å²) in [5, 5.41) is 3.95. The highest BCUT2D eigenvalue weighted by molar-refractivity contribution is 6.42. The summed E-state index contributed by atoms with van der Waals surface area (Å²) < 4.78 is 5.92. The Morgan fingerprint density at radius 2 is 1.79 bits per heavy atom. The van der Waals surface area contributed by atoms with Crippen molar-refractivity contribution in [3.05, 3.63) is 62.6 Å². The van der Waals surface area contributed by atoms with Gasteiger partial charge in [0.05, 0.1) is 10.0 Å². The van der Waals surface area contributed by atoms with E-state index < -0.39 is 6.04 Å². The van der Waals surface area contributed by atoms with Gasteiger partial charge in [0.1, 0.15) is 11.8 Å². The van der Waals surface area contributed by atoms with Gasteiger partial charge in [0.2, 0.25) is 5.91 Å². The minimum atomic E-state index is -0.656. The average Bonchev–Trinajstić information content (AvgIpc) is 3.28. The van der Waals surface area contributed by atoms with Crippen LogP contribution in [0, 0.1) is 20.8 Å². The summed E-state index contributed by atoms with van der Waals surface area (Å²) in [6.07, 6.45) is 4.20. The van der Waals surface area contributed by atoms with Gasteiger partial charge in [0.15, 0.2) is 6.61 Å². The highest BCUT2D eigenvalue weighted by Crippen LogP contribution is 2.25. The van der Waals surface area contributed by atoms with E-state index in [1.165, 1.54) is 0 Å². The van der Waals surface area contributed by atoms with Gasteiger partial charge in [0, 0.05) is 12.6 Å². The Balaban J connectivity index is 1.77. The molecule has 1 saturated carbocycles. The van der Waals surface area contributed by atoms with Crippen LogP contribution in [0.25, 0.3) is 0 Å². The Morgan fingerprint density at radius 1 is 1.09 bits per heavy atom. The van der Waals surface area contributed by atoms with Gasteiger partial charge in [-0.2, -0.15) is 0 Å². The number of nitrogens with one attached hydrogen (secondary N) is 1. The summed E-state index contributed by atoms with van der Waals surface area (Å²) in [6, 6.07) is 8.75. The lowest BCUT2D eigenvalue weighted by Crippen LogP contribution is -2.50. The van der Waals surface area contributed by atoms with Gasteiger partial charge in [-0.3, -0.25) is 9.59 Å². The van der Waals surface area contributed by atoms with Crippen molar-refractivity contribution in [2.75, 3.05) is 6.61 Å². The summed E-state index contributed by atoms with van der Waals surface area (Å²) in [6.45, 7) is 7.80. The lowest BCUT2D eigenvalue weighted by molar-refractivity contribution is -0.142. The fourth-order valence-electron chi connectivity index (χ4n) is 4.18. The van der Waals surface area contributed by atoms with E-state index in [1.54, 1.807) is 24.0 Å². The molecule has 3 rings (SSSR count). The number of hydrogen-bond acceptors (Lipinski definition) is 3. The first-order chi connectivity index (χ1) is 15.7. The summed E-state index contributed by atoms with van der Waals surface area (Å²) >= 11 is 12.2. The van der Waals surface area contributed by atoms with Crippen LogP contribution in [0.1, 0.15) is 54.9 Å². The predicted octanol–water partition coefficient (Wildman–Crippen LogP) is 5.77. The minimum absolute atomic E-state index is 0.155. The third-order valence-corrected chi connectivity index (χ3v) is 7.06. The number of rotatable bonds is 8. The average molecular weight is 491 g/mol. The van der Waals surface area contributed by atoms with Crippen LogP contribution in [0.3, 0.4) is 0 Å². The van der Waals surface area contributed by atoms with Gasteiger partial charge < -0.3 is 15.0 Å². The maximum absolute atomic E-state index is 13.3. The molecule has 0 radical (unpaired) electrons. The Bertz CT molecular complexity index is 1020. The zero-order valence-electron chi connectivity index (χ0n) is 19.7. The predicted molar refractivity (Wildman–Crippen MR) is 133 cm³/mol. The molecule has 178 valence electrons. The molecule has 1 aliphatic carbocycles. The van der Waals surface area contributed by atoms with Crippen molar-refractivity contribution in [3.8, 4) is 5.75 Å². The highest BCUT2D eigenvalue weighted by Gasteiger charge is 2.29. The molecule has 0 bridgehead atoms. The molecular weight excluding hydrogens is 459 g/mol. The smallest absolute Gasteiger partial charge is 0.261 e. The molecule has 0 aliphatic heterocycles. The molecule has 1 N–H and O–H groups in total. The first-order valence-electron chi connectivity index (χ1n) is 11.4. The maximum Gasteiger partial charge on any atom is 0.261 e. The number of carbonyl (C=O) groups is 2. The number of nitrogens with zero attached hydrogens (tertiary/aromatic N) is 1. The van der Waals surface area contributed by atoms with Crippen molar-refractivity contribution in [1.29, 1.82) is 0 Å². The molecule has 1 unspecified atom stereocenters. The van der Waals surface area contributed by atoms with E-state index in [9.17, 15) is 9.59 Å². The Hall–Kier alpha value is -2.24. The monoisotopic (exact) mass is 490 g/mol. The van der Waals surface area contributed by atoms with Crippen LogP contribution in [0.2, 0.25) is 10.0 Å². The summed E-state index contributed by atoms with van der Waals surface area (Å²) in [7, 11) is 0. The van der Waals surface area contributed by atoms with Crippen LogP contribution >= 0.6 is 23.2 Å². The van der Waals surface area contributed by atoms with Gasteiger partial charge in [-0.1, -0.05) is 48.2 Å². The zero-order chi connectivity index (χ0) is 24.1. The van der Waals surface area contributed by atoms with E-state index >= 15 is 0 Å². The number of halogens is 2. The van der Waals surface area contributed by atoms with Gasteiger partial charge in [-0.05, 0) is 81.0 Å². The Morgan fingerprint density at radius 3 is 2.45 bits per heavy atom. The van der Waals surface area contributed by atoms with Crippen LogP contribution in [0.5, 0.6) is 5.75 Å². The second kappa shape index (κ2) is 11.3. The van der Waals surface area contributed by atoms with Crippen molar-refractivity contribution in [2.45, 2.75) is 72.0 Å². The maximum atomic E-state index is 13.3. The second-order valence-corrected chi connectivity index (χ2v) is 9.74. The minimum Gasteiger partial charge on any atom is -0.483 e. The topological polar surface area (TPSA) is 58.6 Å². The summed E-state index contributed by atoms with van der Waals surface area (Å²) in [4.78, 5) is 27.8. The second-order valence-electron chi connectivity index (χ2n) is 8.93. The molecule has 5 nitrogen and oxygen atoms in total. The molecule has 0 saturated heterocycles. The van der Waals surface area contributed by atoms with E-state index in [-0.39, 0.29) is 31.0 Å². The van der Waals surface area contributed by atoms with Crippen molar-refractivity contribution in [3.63, 3.8) is 0 Å². The van der Waals surface area contributed by atoms with Crippen LogP contribution in [0.4, 0.5) is 0 Å². The van der Waals surface area contributed by atoms with E-state index in [1.807, 2.05) is 32.9 Å². The van der Waals surface area contributed by atoms with Crippen molar-refractivity contribution in [1.82, 2.24) is 10.2 Å². The molecule has 1 atom stereocenters. The van der Waals surface area contributed by atoms with Crippen LogP contribution in [-0.4, -0.2) is 35.4 Å². The van der Waals surface area contributed by atoms with Gasteiger partial charge in [-0.25, -0.2) is 0 Å². The number of aryl methyl sites for hydroxylation is 2. The third-order valence-electron chi connectivity index (χ3n) is 6.32. The number of hydrogen-bond donors (Lipinski definition) is 1. The Labute approximate surface area is 206 Å². The summed E-state index contributed by atoms with van der Waals surface area (Å²) in [5.41, 5.74) is 3.96. The molecule has 0 spiro atoms. The normalized spacial score (nSPS) is 14.7. The molecule has 2 aromatic rings. The van der Waals surface area contributed by atoms with Crippen LogP contribution in [0.15, 0.2) is 30.3 Å². The first kappa shape index (κ1) is 25.4. The largest absolute Gasteiger partial charge is 0.483 e. The SMILES string of the molecule is Cc1cc(C)c(C)c(OCC(=O)N(Cc2ccc(Cl)c(Cl)c2)C(C)C(=O)NC2CCCC2)c1. The first-order valence-corrected chi connectivity index (χ1v) is 12.2. The quantitative estimate of drug-likeness (QED) is 0.510. The Kier molecular flexibility index (Phi) is 8.66. The summed E-state index contributed by atoms with van der Waals surface area (Å²) in [5.74, 6) is 0.255. The van der Waals surface area contributed by atoms with Crippen molar-refractivity contribution < 1.29 is 14.3 Å². The lowest BCUT2D eigenvalue weighted by atomic mass is 10.1. The van der Waals surface area contributed by atoms with Gasteiger partial charge in [0.25, 0.3) is 5.91 Å². The van der Waals surface area contributed by atoms with E-state index in [2.05, 4.69) is 11.4 Å². The van der Waals surface area contributed by atoms with Crippen molar-refractivity contribution in [2.24, 2.45) is 0 Å². The van der Waals surface area contributed by atoms with E-state index in [0.717, 1.165) is 47.9 Å². The fraction of sp³-hybridized carbons (Fsp3) is 0.462. The molecular formula is C26H32Cl2N2O3. The van der Waals surface area contributed by atoms with E-state index in [0.29, 0.717) is 15.8 Å². The number of carbonyl (C=O) groups excluding carboxylic acids is 2.